The number of carbonyl (C=O) groups excluding carboxylic acids is 2. The summed E-state index contributed by atoms with van der Waals surface area (Å²) in [5.41, 5.74) is -0.960. The van der Waals surface area contributed by atoms with Gasteiger partial charge in [0.2, 0.25) is 0 Å². The lowest BCUT2D eigenvalue weighted by Gasteiger charge is -2.22. The van der Waals surface area contributed by atoms with Crippen molar-refractivity contribution in [1.82, 2.24) is 0 Å². The van der Waals surface area contributed by atoms with Crippen LogP contribution < -0.4 is 0 Å². The van der Waals surface area contributed by atoms with E-state index in [0.717, 1.165) is 12.8 Å². The molecule has 3 heteroatoms. The second kappa shape index (κ2) is 5.69. The molecule has 0 N–H and O–H groups in total. The van der Waals surface area contributed by atoms with Crippen LogP contribution in [-0.4, -0.2) is 18.4 Å². The first-order valence-corrected chi connectivity index (χ1v) is 5.83. The topological polar surface area (TPSA) is 43.4 Å². The molecule has 1 aliphatic rings. The van der Waals surface area contributed by atoms with Gasteiger partial charge in [-0.1, -0.05) is 6.92 Å². The molecule has 0 bridgehead atoms. The van der Waals surface area contributed by atoms with Gasteiger partial charge in [0.1, 0.15) is 5.41 Å². The predicted octanol–water partition coefficient (Wildman–Crippen LogP) is 2.09. The molecule has 0 amide bonds. The van der Waals surface area contributed by atoms with Gasteiger partial charge < -0.3 is 4.74 Å². The van der Waals surface area contributed by atoms with Gasteiger partial charge >= 0.3 is 5.97 Å². The minimum absolute atomic E-state index is 0.00338. The van der Waals surface area contributed by atoms with Gasteiger partial charge in [-0.05, 0) is 19.8 Å². The molecule has 1 rings (SSSR count). The van der Waals surface area contributed by atoms with Crippen LogP contribution in [0.1, 0.15) is 46.0 Å². The summed E-state index contributed by atoms with van der Waals surface area (Å²) in [5, 5.41) is 0. The van der Waals surface area contributed by atoms with Crippen molar-refractivity contribution in [3.05, 3.63) is 0 Å². The molecule has 3 nitrogen and oxygen atoms in total. The third-order valence-electron chi connectivity index (χ3n) is 2.90. The molecule has 1 fully saturated rings. The van der Waals surface area contributed by atoms with Crippen LogP contribution in [0.5, 0.6) is 0 Å². The summed E-state index contributed by atoms with van der Waals surface area (Å²) < 4.78 is 5.00. The third-order valence-corrected chi connectivity index (χ3v) is 2.90. The van der Waals surface area contributed by atoms with Gasteiger partial charge in [0.25, 0.3) is 0 Å². The summed E-state index contributed by atoms with van der Waals surface area (Å²) >= 11 is 0. The van der Waals surface area contributed by atoms with E-state index in [1.54, 1.807) is 6.92 Å². The van der Waals surface area contributed by atoms with Crippen LogP contribution in [0.15, 0.2) is 0 Å². The van der Waals surface area contributed by atoms with Crippen molar-refractivity contribution in [2.24, 2.45) is 5.41 Å². The average Bonchev–Trinajstić information content (AvgIpc) is 2.62. The number of ketones is 1. The molecular weight excluding hydrogens is 204 g/mol. The van der Waals surface area contributed by atoms with Crippen molar-refractivity contribution < 1.29 is 14.3 Å². The third kappa shape index (κ3) is 2.44. The Bertz CT molecular complexity index is 335. The Morgan fingerprint density at radius 1 is 1.44 bits per heavy atom. The zero-order valence-electron chi connectivity index (χ0n) is 9.97. The number of esters is 1. The van der Waals surface area contributed by atoms with Crippen LogP contribution >= 0.6 is 0 Å². The molecule has 88 valence electrons. The lowest BCUT2D eigenvalue weighted by atomic mass is 9.82. The zero-order chi connectivity index (χ0) is 12.0. The maximum absolute atomic E-state index is 11.9. The number of Topliss-reactive ketones (excluding diaryl/α,β-unsaturated/α-hetero) is 1. The van der Waals surface area contributed by atoms with Crippen LogP contribution in [0, 0.1) is 17.3 Å². The zero-order valence-corrected chi connectivity index (χ0v) is 9.97. The Hall–Kier alpha value is -1.30. The van der Waals surface area contributed by atoms with Gasteiger partial charge in [-0.3, -0.25) is 9.59 Å². The molecule has 0 aromatic rings. The van der Waals surface area contributed by atoms with Gasteiger partial charge in [0.05, 0.1) is 6.61 Å². The van der Waals surface area contributed by atoms with Gasteiger partial charge in [-0.15, -0.1) is 11.8 Å². The van der Waals surface area contributed by atoms with Crippen LogP contribution in [0.3, 0.4) is 0 Å². The monoisotopic (exact) mass is 222 g/mol. The van der Waals surface area contributed by atoms with Crippen LogP contribution in [0.2, 0.25) is 0 Å². The number of hydrogen-bond donors (Lipinski definition) is 0. The summed E-state index contributed by atoms with van der Waals surface area (Å²) in [4.78, 5) is 23.7. The van der Waals surface area contributed by atoms with Crippen molar-refractivity contribution in [3.8, 4) is 11.8 Å². The maximum Gasteiger partial charge on any atom is 0.320 e. The molecule has 0 saturated heterocycles. The molecule has 0 heterocycles. The molecule has 1 unspecified atom stereocenters. The Morgan fingerprint density at radius 2 is 2.19 bits per heavy atom. The molecule has 0 spiro atoms. The number of rotatable bonds is 3. The van der Waals surface area contributed by atoms with Gasteiger partial charge in [-0.25, -0.2) is 0 Å². The Morgan fingerprint density at radius 3 is 2.69 bits per heavy atom. The number of hydrogen-bond acceptors (Lipinski definition) is 3. The summed E-state index contributed by atoms with van der Waals surface area (Å²) in [6.07, 6.45) is 2.90. The summed E-state index contributed by atoms with van der Waals surface area (Å²) in [6.45, 7) is 4.01. The normalized spacial score (nSPS) is 23.8. The first-order chi connectivity index (χ1) is 7.67. The second-order valence-electron chi connectivity index (χ2n) is 3.96. The smallest absolute Gasteiger partial charge is 0.320 e. The van der Waals surface area contributed by atoms with Gasteiger partial charge in [0.15, 0.2) is 5.78 Å². The average molecular weight is 222 g/mol. The first kappa shape index (κ1) is 12.8. The molecule has 0 aromatic heterocycles. The fourth-order valence-electron chi connectivity index (χ4n) is 2.01. The quantitative estimate of drug-likeness (QED) is 0.417. The SMILES string of the molecule is CCC#CCC1(C(=O)OCC)CCCC1=O. The molecule has 0 aliphatic heterocycles. The highest BCUT2D eigenvalue weighted by Gasteiger charge is 2.49. The van der Waals surface area contributed by atoms with E-state index in [2.05, 4.69) is 11.8 Å². The van der Waals surface area contributed by atoms with E-state index in [1.165, 1.54) is 0 Å². The van der Waals surface area contributed by atoms with E-state index >= 15 is 0 Å². The molecule has 1 atom stereocenters. The molecule has 16 heavy (non-hydrogen) atoms. The summed E-state index contributed by atoms with van der Waals surface area (Å²) in [5.74, 6) is 5.43. The minimum atomic E-state index is -0.960. The van der Waals surface area contributed by atoms with E-state index in [4.69, 9.17) is 4.74 Å². The van der Waals surface area contributed by atoms with Crippen LogP contribution in [-0.2, 0) is 14.3 Å². The lowest BCUT2D eigenvalue weighted by Crippen LogP contribution is -2.36. The summed E-state index contributed by atoms with van der Waals surface area (Å²) in [6, 6.07) is 0. The van der Waals surface area contributed by atoms with E-state index < -0.39 is 5.41 Å². The van der Waals surface area contributed by atoms with E-state index in [1.807, 2.05) is 6.92 Å². The Kier molecular flexibility index (Phi) is 4.54. The highest BCUT2D eigenvalue weighted by atomic mass is 16.5. The van der Waals surface area contributed by atoms with Crippen LogP contribution in [0.4, 0.5) is 0 Å². The van der Waals surface area contributed by atoms with Gasteiger partial charge in [0, 0.05) is 19.3 Å². The minimum Gasteiger partial charge on any atom is -0.465 e. The molecule has 0 aromatic carbocycles. The fourth-order valence-corrected chi connectivity index (χ4v) is 2.01. The maximum atomic E-state index is 11.9. The Balaban J connectivity index is 2.84. The molecular formula is C13H18O3. The van der Waals surface area contributed by atoms with Crippen molar-refractivity contribution in [2.75, 3.05) is 6.61 Å². The van der Waals surface area contributed by atoms with E-state index in [0.29, 0.717) is 25.9 Å². The van der Waals surface area contributed by atoms with Gasteiger partial charge in [-0.2, -0.15) is 0 Å². The van der Waals surface area contributed by atoms with Crippen molar-refractivity contribution in [2.45, 2.75) is 46.0 Å². The fraction of sp³-hybridized carbons (Fsp3) is 0.692. The molecule has 1 saturated carbocycles. The van der Waals surface area contributed by atoms with Crippen molar-refractivity contribution in [1.29, 1.82) is 0 Å². The van der Waals surface area contributed by atoms with Crippen molar-refractivity contribution in [3.63, 3.8) is 0 Å². The van der Waals surface area contributed by atoms with E-state index in [9.17, 15) is 9.59 Å². The number of carbonyl (C=O) groups is 2. The van der Waals surface area contributed by atoms with Crippen molar-refractivity contribution >= 4 is 11.8 Å². The second-order valence-corrected chi connectivity index (χ2v) is 3.96. The number of ether oxygens (including phenoxy) is 1. The predicted molar refractivity (Wildman–Crippen MR) is 60.6 cm³/mol. The summed E-state index contributed by atoms with van der Waals surface area (Å²) in [7, 11) is 0. The molecule has 1 aliphatic carbocycles. The lowest BCUT2D eigenvalue weighted by molar-refractivity contribution is -0.158. The standard InChI is InChI=1S/C13H18O3/c1-3-5-6-9-13(12(15)16-4-2)10-7-8-11(13)14/h3-4,7-10H2,1-2H3. The Labute approximate surface area is 96.5 Å². The van der Waals surface area contributed by atoms with E-state index in [-0.39, 0.29) is 11.8 Å². The van der Waals surface area contributed by atoms with Crippen LogP contribution in [0.25, 0.3) is 0 Å². The highest BCUT2D eigenvalue weighted by molar-refractivity contribution is 6.05. The first-order valence-electron chi connectivity index (χ1n) is 5.83. The highest BCUT2D eigenvalue weighted by Crippen LogP contribution is 2.39. The molecule has 0 radical (unpaired) electrons. The largest absolute Gasteiger partial charge is 0.465 e.